The maximum Gasteiger partial charge on any atom is 0.211 e. The molecule has 0 aliphatic carbocycles. The van der Waals surface area contributed by atoms with Gasteiger partial charge in [0.05, 0.1) is 21.5 Å². The maximum atomic E-state index is 15.1. The van der Waals surface area contributed by atoms with Crippen molar-refractivity contribution in [1.29, 1.82) is 0 Å². The molecule has 8 heteroatoms. The van der Waals surface area contributed by atoms with E-state index in [-0.39, 0.29) is 16.8 Å². The minimum absolute atomic E-state index is 0.0278. The number of rotatable bonds is 7. The molecule has 34 heavy (non-hydrogen) atoms. The Balaban J connectivity index is 2.01. The normalized spacial score (nSPS) is 11.6. The minimum atomic E-state index is -4.16. The molecule has 0 spiro atoms. The van der Waals surface area contributed by atoms with Crippen molar-refractivity contribution in [3.05, 3.63) is 100 Å². The van der Waals surface area contributed by atoms with E-state index in [1.54, 1.807) is 41.0 Å². The number of anilines is 1. The predicted molar refractivity (Wildman–Crippen MR) is 129 cm³/mol. The number of nitrogens with zero attached hydrogens (tertiary/aromatic N) is 2. The fourth-order valence-corrected chi connectivity index (χ4v) is 5.40. The first kappa shape index (κ1) is 23.6. The summed E-state index contributed by atoms with van der Waals surface area (Å²) in [6, 6.07) is 16.1. The Morgan fingerprint density at radius 1 is 0.912 bits per heavy atom. The van der Waals surface area contributed by atoms with Gasteiger partial charge in [-0.05, 0) is 55.8 Å². The smallest absolute Gasteiger partial charge is 0.211 e. The van der Waals surface area contributed by atoms with Crippen molar-refractivity contribution in [3.63, 3.8) is 0 Å². The quantitative estimate of drug-likeness (QED) is 0.372. The summed E-state index contributed by atoms with van der Waals surface area (Å²) < 4.78 is 56.8. The molecule has 0 radical (unpaired) electrons. The molecule has 0 N–H and O–H groups in total. The summed E-state index contributed by atoms with van der Waals surface area (Å²) in [7, 11) is -4.16. The Bertz CT molecular complexity index is 1500. The highest BCUT2D eigenvalue weighted by molar-refractivity contribution is 7.91. The highest BCUT2D eigenvalue weighted by atomic mass is 32.2. The Morgan fingerprint density at radius 3 is 2.18 bits per heavy atom. The standard InChI is InChI=1S/C26H24F2N2O3S/c1-3-29(4-2)24-15-23-21(14-22(24)28)26(31)25(34(32,33)20-8-6-5-7-9-20)17-30(23)16-18-10-12-19(27)13-11-18/h5-15,17H,3-4,16H2,1-2H3. The first-order chi connectivity index (χ1) is 16.3. The van der Waals surface area contributed by atoms with E-state index in [4.69, 9.17) is 0 Å². The third-order valence-corrected chi connectivity index (χ3v) is 7.59. The molecule has 3 aromatic carbocycles. The summed E-state index contributed by atoms with van der Waals surface area (Å²) in [5.41, 5.74) is 0.649. The molecule has 0 saturated carbocycles. The molecule has 0 saturated heterocycles. The molecule has 1 heterocycles. The van der Waals surface area contributed by atoms with E-state index in [1.807, 2.05) is 18.7 Å². The number of aromatic nitrogens is 1. The van der Waals surface area contributed by atoms with Gasteiger partial charge in [-0.1, -0.05) is 30.3 Å². The number of sulfone groups is 1. The van der Waals surface area contributed by atoms with Crippen LogP contribution in [-0.4, -0.2) is 26.1 Å². The van der Waals surface area contributed by atoms with Gasteiger partial charge < -0.3 is 9.47 Å². The topological polar surface area (TPSA) is 59.4 Å². The second kappa shape index (κ2) is 9.38. The van der Waals surface area contributed by atoms with Gasteiger partial charge in [-0.25, -0.2) is 17.2 Å². The lowest BCUT2D eigenvalue weighted by Crippen LogP contribution is -2.24. The van der Waals surface area contributed by atoms with Gasteiger partial charge in [0, 0.05) is 25.8 Å². The fraction of sp³-hybridized carbons (Fsp3) is 0.192. The number of pyridine rings is 1. The van der Waals surface area contributed by atoms with Crippen molar-refractivity contribution in [2.45, 2.75) is 30.2 Å². The number of halogens is 2. The number of fused-ring (bicyclic) bond motifs is 1. The second-order valence-corrected chi connectivity index (χ2v) is 9.80. The second-order valence-electron chi connectivity index (χ2n) is 7.89. The molecule has 5 nitrogen and oxygen atoms in total. The third kappa shape index (κ3) is 4.33. The van der Waals surface area contributed by atoms with E-state index in [9.17, 15) is 17.6 Å². The van der Waals surface area contributed by atoms with Crippen molar-refractivity contribution in [3.8, 4) is 0 Å². The van der Waals surface area contributed by atoms with Gasteiger partial charge in [-0.2, -0.15) is 0 Å². The average Bonchev–Trinajstić information content (AvgIpc) is 2.84. The van der Waals surface area contributed by atoms with E-state index in [2.05, 4.69) is 0 Å². The van der Waals surface area contributed by atoms with Crippen LogP contribution in [0.2, 0.25) is 0 Å². The van der Waals surface area contributed by atoms with E-state index in [1.165, 1.54) is 30.5 Å². The molecule has 0 aliphatic rings. The van der Waals surface area contributed by atoms with Crippen LogP contribution in [0.4, 0.5) is 14.5 Å². The molecule has 0 amide bonds. The molecule has 0 bridgehead atoms. The van der Waals surface area contributed by atoms with Crippen molar-refractivity contribution in [1.82, 2.24) is 4.57 Å². The Hall–Kier alpha value is -3.52. The summed E-state index contributed by atoms with van der Waals surface area (Å²) in [6.07, 6.45) is 1.29. The summed E-state index contributed by atoms with van der Waals surface area (Å²) in [6.45, 7) is 5.07. The molecular formula is C26H24F2N2O3S. The van der Waals surface area contributed by atoms with Crippen LogP contribution in [0, 0.1) is 11.6 Å². The van der Waals surface area contributed by atoms with Crippen LogP contribution in [0.15, 0.2) is 87.5 Å². The van der Waals surface area contributed by atoms with Crippen LogP contribution in [0.25, 0.3) is 10.9 Å². The first-order valence-electron chi connectivity index (χ1n) is 10.9. The van der Waals surface area contributed by atoms with Crippen LogP contribution in [-0.2, 0) is 16.4 Å². The van der Waals surface area contributed by atoms with Gasteiger partial charge in [0.1, 0.15) is 16.5 Å². The molecule has 0 aliphatic heterocycles. The fourth-order valence-electron chi connectivity index (χ4n) is 4.01. The Labute approximate surface area is 196 Å². The zero-order valence-corrected chi connectivity index (χ0v) is 19.6. The summed E-state index contributed by atoms with van der Waals surface area (Å²) in [5, 5.41) is -0.0347. The van der Waals surface area contributed by atoms with Gasteiger partial charge in [0.15, 0.2) is 0 Å². The van der Waals surface area contributed by atoms with Crippen molar-refractivity contribution in [2.75, 3.05) is 18.0 Å². The highest BCUT2D eigenvalue weighted by Gasteiger charge is 2.25. The zero-order chi connectivity index (χ0) is 24.5. The molecule has 0 fully saturated rings. The molecule has 176 valence electrons. The van der Waals surface area contributed by atoms with E-state index in [0.29, 0.717) is 29.9 Å². The number of benzene rings is 3. The van der Waals surface area contributed by atoms with Crippen LogP contribution in [0.1, 0.15) is 19.4 Å². The minimum Gasteiger partial charge on any atom is -0.370 e. The summed E-state index contributed by atoms with van der Waals surface area (Å²) in [5.74, 6) is -0.998. The average molecular weight is 483 g/mol. The molecule has 4 rings (SSSR count). The lowest BCUT2D eigenvalue weighted by Gasteiger charge is -2.23. The summed E-state index contributed by atoms with van der Waals surface area (Å²) >= 11 is 0. The third-order valence-electron chi connectivity index (χ3n) is 5.83. The van der Waals surface area contributed by atoms with Gasteiger partial charge in [0.2, 0.25) is 15.3 Å². The highest BCUT2D eigenvalue weighted by Crippen LogP contribution is 2.28. The van der Waals surface area contributed by atoms with Crippen LogP contribution < -0.4 is 10.3 Å². The number of hydrogen-bond donors (Lipinski definition) is 0. The van der Waals surface area contributed by atoms with E-state index >= 15 is 4.39 Å². The van der Waals surface area contributed by atoms with Gasteiger partial charge >= 0.3 is 0 Å². The summed E-state index contributed by atoms with van der Waals surface area (Å²) in [4.78, 5) is 14.7. The van der Waals surface area contributed by atoms with E-state index in [0.717, 1.165) is 6.07 Å². The lowest BCUT2D eigenvalue weighted by molar-refractivity contribution is 0.593. The Kier molecular flexibility index (Phi) is 6.52. The Morgan fingerprint density at radius 2 is 1.56 bits per heavy atom. The molecule has 0 atom stereocenters. The monoisotopic (exact) mass is 482 g/mol. The number of hydrogen-bond acceptors (Lipinski definition) is 4. The van der Waals surface area contributed by atoms with Crippen molar-refractivity contribution >= 4 is 26.4 Å². The maximum absolute atomic E-state index is 15.1. The van der Waals surface area contributed by atoms with E-state index < -0.39 is 31.8 Å². The largest absolute Gasteiger partial charge is 0.370 e. The van der Waals surface area contributed by atoms with Crippen LogP contribution in [0.3, 0.4) is 0 Å². The van der Waals surface area contributed by atoms with Crippen molar-refractivity contribution < 1.29 is 17.2 Å². The van der Waals surface area contributed by atoms with Crippen LogP contribution in [0.5, 0.6) is 0 Å². The van der Waals surface area contributed by atoms with Gasteiger partial charge in [-0.15, -0.1) is 0 Å². The van der Waals surface area contributed by atoms with Gasteiger partial charge in [0.25, 0.3) is 0 Å². The molecule has 1 aromatic heterocycles. The zero-order valence-electron chi connectivity index (χ0n) is 18.8. The predicted octanol–water partition coefficient (Wildman–Crippen LogP) is 5.01. The van der Waals surface area contributed by atoms with Gasteiger partial charge in [-0.3, -0.25) is 4.79 Å². The lowest BCUT2D eigenvalue weighted by atomic mass is 10.1. The first-order valence-corrected chi connectivity index (χ1v) is 12.4. The van der Waals surface area contributed by atoms with Crippen LogP contribution >= 0.6 is 0 Å². The van der Waals surface area contributed by atoms with Crippen molar-refractivity contribution in [2.24, 2.45) is 0 Å². The SMILES string of the molecule is CCN(CC)c1cc2c(cc1F)c(=O)c(S(=O)(=O)c1ccccc1)cn2Cc1ccc(F)cc1. The molecule has 4 aromatic rings. The molecular weight excluding hydrogens is 458 g/mol. The molecule has 0 unspecified atom stereocenters.